The molecule has 2 fully saturated rings. The Balaban J connectivity index is 1.41. The van der Waals surface area contributed by atoms with E-state index in [2.05, 4.69) is 5.10 Å². The Morgan fingerprint density at radius 1 is 1.11 bits per heavy atom. The van der Waals surface area contributed by atoms with Crippen LogP contribution in [0.1, 0.15) is 30.0 Å². The summed E-state index contributed by atoms with van der Waals surface area (Å²) in [5.74, 6) is -0.985. The number of nitrogens with zero attached hydrogens (tertiary/aromatic N) is 3. The number of allylic oxidation sites excluding steroid dienone is 2. The maximum atomic E-state index is 12.9. The molecule has 180 valence electrons. The van der Waals surface area contributed by atoms with Crippen LogP contribution in [0.4, 0.5) is 5.69 Å². The lowest BCUT2D eigenvalue weighted by Crippen LogP contribution is -2.28. The van der Waals surface area contributed by atoms with E-state index in [1.807, 2.05) is 43.3 Å². The van der Waals surface area contributed by atoms with Crippen molar-refractivity contribution in [2.45, 2.75) is 26.9 Å². The normalized spacial score (nSPS) is 24.5. The fourth-order valence-electron chi connectivity index (χ4n) is 5.31. The molecule has 0 spiro atoms. The number of nitro groups is 1. The lowest BCUT2D eigenvalue weighted by atomic mass is 9.85. The number of nitro benzene ring substituents is 1. The molecule has 1 saturated heterocycles. The average molecular weight is 476 g/mol. The fourth-order valence-corrected chi connectivity index (χ4v) is 5.31. The molecule has 0 radical (unpaired) electrons. The molecule has 1 saturated carbocycles. The summed E-state index contributed by atoms with van der Waals surface area (Å²) in [7, 11) is 0. The molecule has 0 N–H and O–H groups in total. The van der Waals surface area contributed by atoms with Crippen molar-refractivity contribution < 1.29 is 24.0 Å². The second-order valence-corrected chi connectivity index (χ2v) is 9.07. The number of rotatable bonds is 8. The third-order valence-corrected chi connectivity index (χ3v) is 6.79. The highest BCUT2D eigenvalue weighted by atomic mass is 16.6. The highest BCUT2D eigenvalue weighted by Gasteiger charge is 2.59. The van der Waals surface area contributed by atoms with E-state index in [1.165, 1.54) is 12.3 Å². The first-order valence-electron chi connectivity index (χ1n) is 11.6. The predicted octanol–water partition coefficient (Wildman–Crippen LogP) is 4.02. The van der Waals surface area contributed by atoms with Gasteiger partial charge in [0.05, 0.1) is 29.6 Å². The van der Waals surface area contributed by atoms with Crippen LogP contribution in [-0.2, 0) is 16.2 Å². The van der Waals surface area contributed by atoms with Crippen molar-refractivity contribution in [3.05, 3.63) is 75.4 Å². The number of amides is 2. The van der Waals surface area contributed by atoms with Crippen LogP contribution >= 0.6 is 0 Å². The van der Waals surface area contributed by atoms with Crippen molar-refractivity contribution in [2.24, 2.45) is 28.8 Å². The number of benzene rings is 2. The van der Waals surface area contributed by atoms with Crippen LogP contribution in [0.5, 0.6) is 11.5 Å². The van der Waals surface area contributed by atoms with Gasteiger partial charge in [-0.3, -0.25) is 19.7 Å². The number of aryl methyl sites for hydroxylation is 1. The largest absolute Gasteiger partial charge is 0.490 e. The van der Waals surface area contributed by atoms with Gasteiger partial charge < -0.3 is 9.47 Å². The second-order valence-electron chi connectivity index (χ2n) is 9.07. The van der Waals surface area contributed by atoms with Crippen molar-refractivity contribution >= 4 is 23.7 Å². The predicted molar refractivity (Wildman–Crippen MR) is 127 cm³/mol. The average Bonchev–Trinajstić information content (AvgIpc) is 3.51. The number of carbonyl (C=O) groups excluding carboxylic acids is 2. The summed E-state index contributed by atoms with van der Waals surface area (Å²) in [6.45, 7) is 4.11. The minimum absolute atomic E-state index is 0.0148. The summed E-state index contributed by atoms with van der Waals surface area (Å²) in [6.07, 6.45) is 6.14. The molecule has 2 amide bonds. The number of carbonyl (C=O) groups is 2. The third kappa shape index (κ3) is 4.07. The Labute approximate surface area is 202 Å². The maximum Gasteiger partial charge on any atom is 0.315 e. The molecule has 5 rings (SSSR count). The summed E-state index contributed by atoms with van der Waals surface area (Å²) < 4.78 is 11.5. The minimum atomic E-state index is -0.550. The van der Waals surface area contributed by atoms with E-state index in [0.29, 0.717) is 5.56 Å². The number of ether oxygens (including phenoxy) is 2. The zero-order chi connectivity index (χ0) is 24.7. The summed E-state index contributed by atoms with van der Waals surface area (Å²) in [5, 5.41) is 16.9. The maximum absolute atomic E-state index is 12.9. The van der Waals surface area contributed by atoms with Crippen molar-refractivity contribution in [2.75, 3.05) is 6.61 Å². The van der Waals surface area contributed by atoms with Crippen LogP contribution in [0.2, 0.25) is 0 Å². The van der Waals surface area contributed by atoms with Crippen molar-refractivity contribution in [1.82, 2.24) is 5.01 Å². The summed E-state index contributed by atoms with van der Waals surface area (Å²) in [5.41, 5.74) is 1.95. The number of hydrogen-bond acceptors (Lipinski definition) is 7. The molecule has 9 heteroatoms. The third-order valence-electron chi connectivity index (χ3n) is 6.79. The van der Waals surface area contributed by atoms with Crippen LogP contribution in [0.25, 0.3) is 0 Å². The van der Waals surface area contributed by atoms with E-state index in [0.717, 1.165) is 22.6 Å². The zero-order valence-corrected chi connectivity index (χ0v) is 19.4. The van der Waals surface area contributed by atoms with Gasteiger partial charge in [0.2, 0.25) is 5.75 Å². The molecular formula is C26H25N3O6. The first-order chi connectivity index (χ1) is 16.9. The molecule has 9 nitrogen and oxygen atoms in total. The molecule has 0 aromatic heterocycles. The molecule has 35 heavy (non-hydrogen) atoms. The minimum Gasteiger partial charge on any atom is -0.490 e. The summed E-state index contributed by atoms with van der Waals surface area (Å²) >= 11 is 0. The Hall–Kier alpha value is -4.01. The van der Waals surface area contributed by atoms with Crippen LogP contribution in [0, 0.1) is 40.7 Å². The van der Waals surface area contributed by atoms with Gasteiger partial charge in [0.15, 0.2) is 5.75 Å². The van der Waals surface area contributed by atoms with Gasteiger partial charge in [-0.05, 0) is 43.7 Å². The Bertz CT molecular complexity index is 1240. The van der Waals surface area contributed by atoms with Crippen LogP contribution < -0.4 is 9.47 Å². The lowest BCUT2D eigenvalue weighted by molar-refractivity contribution is -0.386. The molecule has 4 unspecified atom stereocenters. The topological polar surface area (TPSA) is 111 Å². The molecule has 3 aliphatic rings. The molecule has 1 aliphatic heterocycles. The Morgan fingerprint density at radius 2 is 1.83 bits per heavy atom. The van der Waals surface area contributed by atoms with Crippen LogP contribution in [-0.4, -0.2) is 34.6 Å². The molecule has 4 atom stereocenters. The van der Waals surface area contributed by atoms with Gasteiger partial charge in [-0.25, -0.2) is 0 Å². The summed E-state index contributed by atoms with van der Waals surface area (Å²) in [6, 6.07) is 10.5. The molecule has 2 bridgehead atoms. The highest BCUT2D eigenvalue weighted by molar-refractivity contribution is 6.06. The van der Waals surface area contributed by atoms with Gasteiger partial charge in [-0.1, -0.05) is 42.0 Å². The first-order valence-corrected chi connectivity index (χ1v) is 11.6. The number of imide groups is 1. The number of hydrazone groups is 1. The Morgan fingerprint density at radius 3 is 2.46 bits per heavy atom. The Kier molecular flexibility index (Phi) is 5.84. The monoisotopic (exact) mass is 475 g/mol. The van der Waals surface area contributed by atoms with E-state index in [9.17, 15) is 19.7 Å². The fraction of sp³-hybridized carbons (Fsp3) is 0.346. The molecule has 2 aliphatic carbocycles. The first kappa shape index (κ1) is 22.8. The summed E-state index contributed by atoms with van der Waals surface area (Å²) in [4.78, 5) is 37.0. The smallest absolute Gasteiger partial charge is 0.315 e. The van der Waals surface area contributed by atoms with Gasteiger partial charge in [-0.2, -0.15) is 10.1 Å². The van der Waals surface area contributed by atoms with Crippen molar-refractivity contribution in [1.29, 1.82) is 0 Å². The standard InChI is InChI=1S/C26H25N3O6/c1-3-34-21-11-17(10-20(29(32)33)24(21)35-14-16-6-4-5-15(2)9-16)13-27-28-25(30)22-18-7-8-19(12-18)23(22)26(28)31/h4-11,13,18-19,22-23H,3,12,14H2,1-2H3. The molecule has 1 heterocycles. The molecule has 2 aromatic rings. The quantitative estimate of drug-likeness (QED) is 0.187. The van der Waals surface area contributed by atoms with Crippen molar-refractivity contribution in [3.63, 3.8) is 0 Å². The van der Waals surface area contributed by atoms with Gasteiger partial charge in [0.1, 0.15) is 6.61 Å². The van der Waals surface area contributed by atoms with Gasteiger partial charge >= 0.3 is 5.69 Å². The SMILES string of the molecule is CCOc1cc(C=NN2C(=O)C3C4C=CC(C4)C3C2=O)cc([N+](=O)[O-])c1OCc1cccc(C)c1. The number of fused-ring (bicyclic) bond motifs is 5. The van der Waals surface area contributed by atoms with E-state index in [1.54, 1.807) is 13.0 Å². The second kappa shape index (κ2) is 8.98. The zero-order valence-electron chi connectivity index (χ0n) is 19.4. The van der Waals surface area contributed by atoms with Crippen LogP contribution in [0.3, 0.4) is 0 Å². The van der Waals surface area contributed by atoms with E-state index in [-0.39, 0.29) is 65.9 Å². The van der Waals surface area contributed by atoms with E-state index in [4.69, 9.17) is 9.47 Å². The lowest BCUT2D eigenvalue weighted by Gasteiger charge is -2.14. The van der Waals surface area contributed by atoms with Gasteiger partial charge in [-0.15, -0.1) is 0 Å². The molecule has 2 aromatic carbocycles. The van der Waals surface area contributed by atoms with E-state index < -0.39 is 4.92 Å². The van der Waals surface area contributed by atoms with E-state index >= 15 is 0 Å². The van der Waals surface area contributed by atoms with Crippen molar-refractivity contribution in [3.8, 4) is 11.5 Å². The number of hydrogen-bond donors (Lipinski definition) is 0. The van der Waals surface area contributed by atoms with Gasteiger partial charge in [0.25, 0.3) is 11.8 Å². The molecular weight excluding hydrogens is 450 g/mol. The van der Waals surface area contributed by atoms with Gasteiger partial charge in [0, 0.05) is 11.6 Å². The highest BCUT2D eigenvalue weighted by Crippen LogP contribution is 2.52. The van der Waals surface area contributed by atoms with Crippen LogP contribution in [0.15, 0.2) is 53.7 Å².